The Balaban J connectivity index is 2.25. The molecule has 2 nitrogen and oxygen atoms in total. The van der Waals surface area contributed by atoms with Crippen molar-refractivity contribution < 1.29 is 4.79 Å². The number of amides is 1. The van der Waals surface area contributed by atoms with Crippen LogP contribution in [-0.4, -0.2) is 22.7 Å². The molecule has 2 aromatic rings. The van der Waals surface area contributed by atoms with Crippen molar-refractivity contribution >= 4 is 21.8 Å². The predicted molar refractivity (Wildman–Crippen MR) is 90.9 cm³/mol. The molecule has 21 heavy (non-hydrogen) atoms. The van der Waals surface area contributed by atoms with Crippen LogP contribution in [0.5, 0.6) is 0 Å². The van der Waals surface area contributed by atoms with E-state index in [9.17, 15) is 4.79 Å². The van der Waals surface area contributed by atoms with E-state index >= 15 is 0 Å². The molecule has 1 amide bonds. The molecule has 0 heterocycles. The fourth-order valence-corrected chi connectivity index (χ4v) is 2.74. The molecule has 0 spiro atoms. The number of alkyl halides is 1. The number of carbonyl (C=O) groups excluding carboxylic acids is 1. The second kappa shape index (κ2) is 7.41. The lowest BCUT2D eigenvalue weighted by Crippen LogP contribution is -2.32. The van der Waals surface area contributed by atoms with Crippen molar-refractivity contribution in [2.45, 2.75) is 20.4 Å². The Labute approximate surface area is 134 Å². The second-order valence-corrected chi connectivity index (χ2v) is 5.94. The Morgan fingerprint density at radius 1 is 1.05 bits per heavy atom. The molecule has 0 aliphatic carbocycles. The third-order valence-electron chi connectivity index (χ3n) is 3.69. The maximum Gasteiger partial charge on any atom is 0.254 e. The van der Waals surface area contributed by atoms with Gasteiger partial charge in [0.1, 0.15) is 0 Å². The molecule has 0 aromatic heterocycles. The molecule has 2 rings (SSSR count). The van der Waals surface area contributed by atoms with Gasteiger partial charge < -0.3 is 4.90 Å². The zero-order valence-electron chi connectivity index (χ0n) is 12.5. The third-order valence-corrected chi connectivity index (χ3v) is 4.05. The summed E-state index contributed by atoms with van der Waals surface area (Å²) in [6.07, 6.45) is 0. The van der Waals surface area contributed by atoms with E-state index in [1.807, 2.05) is 55.1 Å². The Kier molecular flexibility index (Phi) is 5.57. The second-order valence-electron chi connectivity index (χ2n) is 5.15. The van der Waals surface area contributed by atoms with Crippen LogP contribution in [0.25, 0.3) is 0 Å². The fraction of sp³-hybridized carbons (Fsp3) is 0.278. The van der Waals surface area contributed by atoms with Gasteiger partial charge in [-0.05, 0) is 36.6 Å². The summed E-state index contributed by atoms with van der Waals surface area (Å²) < 4.78 is 0. The van der Waals surface area contributed by atoms with Crippen LogP contribution in [0.15, 0.2) is 48.5 Å². The van der Waals surface area contributed by atoms with Crippen molar-refractivity contribution in [1.82, 2.24) is 4.90 Å². The Hall–Kier alpha value is -1.61. The molecule has 0 bridgehead atoms. The largest absolute Gasteiger partial charge is 0.333 e. The number of aryl methyl sites for hydroxylation is 1. The normalized spacial score (nSPS) is 10.4. The summed E-state index contributed by atoms with van der Waals surface area (Å²) in [5, 5.41) is 0.774. The van der Waals surface area contributed by atoms with Crippen LogP contribution in [0.1, 0.15) is 27.0 Å². The van der Waals surface area contributed by atoms with Crippen LogP contribution in [0, 0.1) is 13.8 Å². The van der Waals surface area contributed by atoms with E-state index in [4.69, 9.17) is 0 Å². The van der Waals surface area contributed by atoms with Gasteiger partial charge in [0.25, 0.3) is 5.91 Å². The number of carbonyl (C=O) groups is 1. The Morgan fingerprint density at radius 2 is 1.76 bits per heavy atom. The van der Waals surface area contributed by atoms with Gasteiger partial charge in [0.2, 0.25) is 0 Å². The summed E-state index contributed by atoms with van der Waals surface area (Å²) in [6, 6.07) is 16.0. The lowest BCUT2D eigenvalue weighted by atomic mass is 10.0. The fourth-order valence-electron chi connectivity index (χ4n) is 2.31. The molecular weight excluding hydrogens is 326 g/mol. The Bertz CT molecular complexity index is 610. The van der Waals surface area contributed by atoms with Crippen LogP contribution in [-0.2, 0) is 6.54 Å². The summed E-state index contributed by atoms with van der Waals surface area (Å²) in [6.45, 7) is 5.38. The summed E-state index contributed by atoms with van der Waals surface area (Å²) in [7, 11) is 0. The minimum Gasteiger partial charge on any atom is -0.333 e. The topological polar surface area (TPSA) is 20.3 Å². The van der Waals surface area contributed by atoms with Crippen molar-refractivity contribution in [3.05, 3.63) is 70.8 Å². The van der Waals surface area contributed by atoms with Crippen LogP contribution in [0.2, 0.25) is 0 Å². The van der Waals surface area contributed by atoms with Gasteiger partial charge in [-0.2, -0.15) is 0 Å². The smallest absolute Gasteiger partial charge is 0.254 e. The standard InChI is InChI=1S/C18H20BrNO/c1-14-7-6-10-17(15(14)2)18(21)20(12-11-19)13-16-8-4-3-5-9-16/h3-10H,11-13H2,1-2H3. The Morgan fingerprint density at radius 3 is 2.43 bits per heavy atom. The summed E-state index contributed by atoms with van der Waals surface area (Å²) in [5.74, 6) is 0.0968. The van der Waals surface area contributed by atoms with E-state index in [-0.39, 0.29) is 5.91 Å². The lowest BCUT2D eigenvalue weighted by Gasteiger charge is -2.23. The van der Waals surface area contributed by atoms with Gasteiger partial charge in [0.15, 0.2) is 0 Å². The van der Waals surface area contributed by atoms with Gasteiger partial charge in [-0.25, -0.2) is 0 Å². The van der Waals surface area contributed by atoms with Crippen LogP contribution in [0.4, 0.5) is 0 Å². The summed E-state index contributed by atoms with van der Waals surface area (Å²) >= 11 is 3.44. The average Bonchev–Trinajstić information content (AvgIpc) is 2.50. The first-order valence-corrected chi connectivity index (χ1v) is 8.21. The zero-order valence-corrected chi connectivity index (χ0v) is 14.1. The van der Waals surface area contributed by atoms with Crippen molar-refractivity contribution in [3.63, 3.8) is 0 Å². The van der Waals surface area contributed by atoms with E-state index in [1.54, 1.807) is 0 Å². The van der Waals surface area contributed by atoms with E-state index in [2.05, 4.69) is 28.1 Å². The number of hydrogen-bond acceptors (Lipinski definition) is 1. The quantitative estimate of drug-likeness (QED) is 0.738. The highest BCUT2D eigenvalue weighted by atomic mass is 79.9. The van der Waals surface area contributed by atoms with Crippen molar-refractivity contribution in [1.29, 1.82) is 0 Å². The van der Waals surface area contributed by atoms with Crippen LogP contribution < -0.4 is 0 Å². The minimum absolute atomic E-state index is 0.0968. The van der Waals surface area contributed by atoms with Crippen LogP contribution in [0.3, 0.4) is 0 Å². The highest BCUT2D eigenvalue weighted by molar-refractivity contribution is 9.09. The average molecular weight is 346 g/mol. The highest BCUT2D eigenvalue weighted by Gasteiger charge is 2.18. The first-order chi connectivity index (χ1) is 10.1. The van der Waals surface area contributed by atoms with E-state index in [1.165, 1.54) is 0 Å². The maximum atomic E-state index is 12.8. The van der Waals surface area contributed by atoms with Gasteiger partial charge in [-0.3, -0.25) is 4.79 Å². The molecule has 110 valence electrons. The van der Waals surface area contributed by atoms with Gasteiger partial charge in [0, 0.05) is 24.0 Å². The molecule has 0 atom stereocenters. The predicted octanol–water partition coefficient (Wildman–Crippen LogP) is 4.34. The molecule has 0 unspecified atom stereocenters. The first kappa shape index (κ1) is 15.8. The number of halogens is 1. The van der Waals surface area contributed by atoms with Crippen molar-refractivity contribution in [3.8, 4) is 0 Å². The van der Waals surface area contributed by atoms with Crippen LogP contribution >= 0.6 is 15.9 Å². The number of rotatable bonds is 5. The molecule has 0 aliphatic rings. The van der Waals surface area contributed by atoms with Crippen molar-refractivity contribution in [2.75, 3.05) is 11.9 Å². The molecule has 0 radical (unpaired) electrons. The molecule has 0 fully saturated rings. The van der Waals surface area contributed by atoms with Gasteiger partial charge >= 0.3 is 0 Å². The van der Waals surface area contributed by atoms with Crippen molar-refractivity contribution in [2.24, 2.45) is 0 Å². The molecular formula is C18H20BrNO. The molecule has 3 heteroatoms. The highest BCUT2D eigenvalue weighted by Crippen LogP contribution is 2.17. The molecule has 0 saturated heterocycles. The van der Waals surface area contributed by atoms with E-state index in [0.717, 1.165) is 27.6 Å². The third kappa shape index (κ3) is 3.94. The van der Waals surface area contributed by atoms with E-state index < -0.39 is 0 Å². The van der Waals surface area contributed by atoms with E-state index in [0.29, 0.717) is 13.1 Å². The SMILES string of the molecule is Cc1cccc(C(=O)N(CCBr)Cc2ccccc2)c1C. The first-order valence-electron chi connectivity index (χ1n) is 7.09. The van der Waals surface area contributed by atoms with Gasteiger partial charge in [-0.1, -0.05) is 58.4 Å². The molecule has 0 aliphatic heterocycles. The minimum atomic E-state index is 0.0968. The number of nitrogens with zero attached hydrogens (tertiary/aromatic N) is 1. The summed E-state index contributed by atoms with van der Waals surface area (Å²) in [4.78, 5) is 14.7. The van der Waals surface area contributed by atoms with Gasteiger partial charge in [-0.15, -0.1) is 0 Å². The monoisotopic (exact) mass is 345 g/mol. The number of benzene rings is 2. The molecule has 0 N–H and O–H groups in total. The number of hydrogen-bond donors (Lipinski definition) is 0. The van der Waals surface area contributed by atoms with Gasteiger partial charge in [0.05, 0.1) is 0 Å². The summed E-state index contributed by atoms with van der Waals surface area (Å²) in [5.41, 5.74) is 4.17. The molecule has 0 saturated carbocycles. The zero-order chi connectivity index (χ0) is 15.2. The molecule has 2 aromatic carbocycles. The maximum absolute atomic E-state index is 12.8. The lowest BCUT2D eigenvalue weighted by molar-refractivity contribution is 0.0754.